The Bertz CT molecular complexity index is 431. The molecule has 0 saturated heterocycles. The summed E-state index contributed by atoms with van der Waals surface area (Å²) in [5, 5.41) is 0. The lowest BCUT2D eigenvalue weighted by molar-refractivity contribution is 0.580. The zero-order valence-electron chi connectivity index (χ0n) is 8.48. The molecule has 0 amide bonds. The van der Waals surface area contributed by atoms with Gasteiger partial charge in [-0.1, -0.05) is 13.0 Å². The minimum absolute atomic E-state index is 0.00796. The van der Waals surface area contributed by atoms with Gasteiger partial charge in [0.2, 0.25) is 0 Å². The molecule has 0 spiro atoms. The fourth-order valence-electron chi connectivity index (χ4n) is 1.16. The van der Waals surface area contributed by atoms with E-state index in [0.29, 0.717) is 6.42 Å². The van der Waals surface area contributed by atoms with Crippen LogP contribution in [0.1, 0.15) is 13.3 Å². The summed E-state index contributed by atoms with van der Waals surface area (Å²) in [7, 11) is -3.46. The third-order valence-electron chi connectivity index (χ3n) is 2.11. The minimum Gasteiger partial charge on any atom is -0.327 e. The number of rotatable bonds is 4. The average Bonchev–Trinajstić information content (AvgIpc) is 2.17. The average molecular weight is 231 g/mol. The summed E-state index contributed by atoms with van der Waals surface area (Å²) in [5.74, 6) is -0.700. The van der Waals surface area contributed by atoms with Gasteiger partial charge in [-0.2, -0.15) is 0 Å². The summed E-state index contributed by atoms with van der Waals surface area (Å²) in [5.41, 5.74) is 5.56. The molecule has 3 nitrogen and oxygen atoms in total. The molecule has 1 atom stereocenters. The van der Waals surface area contributed by atoms with Gasteiger partial charge in [-0.15, -0.1) is 0 Å². The predicted octanol–water partition coefficient (Wildman–Crippen LogP) is 1.34. The van der Waals surface area contributed by atoms with Gasteiger partial charge in [-0.3, -0.25) is 0 Å². The summed E-state index contributed by atoms with van der Waals surface area (Å²) in [4.78, 5) is -0.00796. The third-order valence-corrected chi connectivity index (χ3v) is 3.95. The van der Waals surface area contributed by atoms with Crippen LogP contribution in [0.2, 0.25) is 0 Å². The monoisotopic (exact) mass is 231 g/mol. The van der Waals surface area contributed by atoms with Crippen molar-refractivity contribution in [1.29, 1.82) is 0 Å². The molecule has 5 heteroatoms. The molecule has 0 aliphatic heterocycles. The zero-order valence-corrected chi connectivity index (χ0v) is 9.30. The van der Waals surface area contributed by atoms with Crippen LogP contribution >= 0.6 is 0 Å². The summed E-state index contributed by atoms with van der Waals surface area (Å²) >= 11 is 0. The highest BCUT2D eigenvalue weighted by atomic mass is 32.2. The minimum atomic E-state index is -3.46. The fourth-order valence-corrected chi connectivity index (χ4v) is 2.73. The summed E-state index contributed by atoms with van der Waals surface area (Å²) in [6.07, 6.45) is 0.578. The molecule has 2 N–H and O–H groups in total. The van der Waals surface area contributed by atoms with Crippen molar-refractivity contribution in [3.05, 3.63) is 30.1 Å². The number of hydrogen-bond donors (Lipinski definition) is 1. The first kappa shape index (κ1) is 12.1. The van der Waals surface area contributed by atoms with Gasteiger partial charge in [-0.25, -0.2) is 12.8 Å². The highest BCUT2D eigenvalue weighted by Crippen LogP contribution is 2.13. The topological polar surface area (TPSA) is 60.2 Å². The Balaban J connectivity index is 2.96. The highest BCUT2D eigenvalue weighted by molar-refractivity contribution is 7.91. The van der Waals surface area contributed by atoms with E-state index in [4.69, 9.17) is 5.73 Å². The Hall–Kier alpha value is -0.940. The first-order chi connectivity index (χ1) is 6.95. The van der Waals surface area contributed by atoms with Crippen LogP contribution < -0.4 is 5.73 Å². The van der Waals surface area contributed by atoms with E-state index in [-0.39, 0.29) is 10.6 Å². The molecular formula is C10H14FNO2S. The van der Waals surface area contributed by atoms with Gasteiger partial charge in [0, 0.05) is 6.04 Å². The van der Waals surface area contributed by atoms with Crippen LogP contribution in [-0.2, 0) is 9.84 Å². The predicted molar refractivity (Wildman–Crippen MR) is 56.7 cm³/mol. The van der Waals surface area contributed by atoms with E-state index in [9.17, 15) is 12.8 Å². The number of halogens is 1. The van der Waals surface area contributed by atoms with Gasteiger partial charge in [0.25, 0.3) is 0 Å². The second-order valence-corrected chi connectivity index (χ2v) is 5.44. The lowest BCUT2D eigenvalue weighted by Gasteiger charge is -2.09. The quantitative estimate of drug-likeness (QED) is 0.850. The second-order valence-electron chi connectivity index (χ2n) is 3.41. The molecule has 15 heavy (non-hydrogen) atoms. The van der Waals surface area contributed by atoms with Crippen LogP contribution in [-0.4, -0.2) is 20.2 Å². The number of sulfone groups is 1. The van der Waals surface area contributed by atoms with E-state index in [1.165, 1.54) is 18.2 Å². The van der Waals surface area contributed by atoms with Gasteiger partial charge in [0.1, 0.15) is 5.82 Å². The van der Waals surface area contributed by atoms with Crippen molar-refractivity contribution in [1.82, 2.24) is 0 Å². The molecule has 0 aliphatic rings. The SMILES string of the molecule is CCC(N)CS(=O)(=O)c1cccc(F)c1. The number of nitrogens with two attached hydrogens (primary N) is 1. The Kier molecular flexibility index (Phi) is 3.82. The van der Waals surface area contributed by atoms with Crippen LogP contribution in [0.3, 0.4) is 0 Å². The summed E-state index contributed by atoms with van der Waals surface area (Å²) < 4.78 is 36.2. The Morgan fingerprint density at radius 2 is 2.13 bits per heavy atom. The molecule has 0 fully saturated rings. The van der Waals surface area contributed by atoms with Crippen molar-refractivity contribution in [2.24, 2.45) is 5.73 Å². The highest BCUT2D eigenvalue weighted by Gasteiger charge is 2.18. The van der Waals surface area contributed by atoms with E-state index >= 15 is 0 Å². The van der Waals surface area contributed by atoms with Crippen molar-refractivity contribution in [2.75, 3.05) is 5.75 Å². The van der Waals surface area contributed by atoms with Gasteiger partial charge >= 0.3 is 0 Å². The van der Waals surface area contributed by atoms with Gasteiger partial charge in [0.05, 0.1) is 10.6 Å². The Morgan fingerprint density at radius 3 is 2.67 bits per heavy atom. The van der Waals surface area contributed by atoms with Crippen LogP contribution in [0.5, 0.6) is 0 Å². The van der Waals surface area contributed by atoms with Gasteiger partial charge in [-0.05, 0) is 24.6 Å². The van der Waals surface area contributed by atoms with Crippen molar-refractivity contribution in [3.63, 3.8) is 0 Å². The lowest BCUT2D eigenvalue weighted by Crippen LogP contribution is -2.28. The fraction of sp³-hybridized carbons (Fsp3) is 0.400. The van der Waals surface area contributed by atoms with E-state index in [0.717, 1.165) is 6.07 Å². The molecule has 1 rings (SSSR count). The standard InChI is InChI=1S/C10H14FNO2S/c1-2-9(12)7-15(13,14)10-5-3-4-8(11)6-10/h3-6,9H,2,7,12H2,1H3. The zero-order chi connectivity index (χ0) is 11.5. The Labute approximate surface area is 89.0 Å². The molecule has 84 valence electrons. The number of hydrogen-bond acceptors (Lipinski definition) is 3. The summed E-state index contributed by atoms with van der Waals surface area (Å²) in [6, 6.07) is 4.56. The largest absolute Gasteiger partial charge is 0.327 e. The van der Waals surface area contributed by atoms with Gasteiger partial charge < -0.3 is 5.73 Å². The normalized spacial score (nSPS) is 13.8. The molecule has 0 saturated carbocycles. The van der Waals surface area contributed by atoms with E-state index in [1.54, 1.807) is 0 Å². The molecule has 0 aromatic heterocycles. The smallest absolute Gasteiger partial charge is 0.179 e. The van der Waals surface area contributed by atoms with E-state index < -0.39 is 21.7 Å². The van der Waals surface area contributed by atoms with Crippen LogP contribution in [0.15, 0.2) is 29.2 Å². The maximum atomic E-state index is 12.8. The second kappa shape index (κ2) is 4.72. The molecule has 1 aromatic carbocycles. The van der Waals surface area contributed by atoms with E-state index in [2.05, 4.69) is 0 Å². The van der Waals surface area contributed by atoms with Crippen molar-refractivity contribution >= 4 is 9.84 Å². The molecule has 0 heterocycles. The lowest BCUT2D eigenvalue weighted by atomic mass is 10.3. The van der Waals surface area contributed by atoms with Crippen molar-refractivity contribution < 1.29 is 12.8 Å². The number of benzene rings is 1. The third kappa shape index (κ3) is 3.28. The maximum absolute atomic E-state index is 12.8. The molecule has 0 aliphatic carbocycles. The molecule has 0 radical (unpaired) electrons. The maximum Gasteiger partial charge on any atom is 0.179 e. The Morgan fingerprint density at radius 1 is 1.47 bits per heavy atom. The van der Waals surface area contributed by atoms with Gasteiger partial charge in [0.15, 0.2) is 9.84 Å². The molecular weight excluding hydrogens is 217 g/mol. The van der Waals surface area contributed by atoms with E-state index in [1.807, 2.05) is 6.92 Å². The van der Waals surface area contributed by atoms with Crippen LogP contribution in [0.4, 0.5) is 4.39 Å². The first-order valence-corrected chi connectivity index (χ1v) is 6.35. The first-order valence-electron chi connectivity index (χ1n) is 4.69. The molecule has 0 bridgehead atoms. The molecule has 1 unspecified atom stereocenters. The van der Waals surface area contributed by atoms with Crippen molar-refractivity contribution in [2.45, 2.75) is 24.3 Å². The van der Waals surface area contributed by atoms with Crippen LogP contribution in [0, 0.1) is 5.82 Å². The van der Waals surface area contributed by atoms with Crippen molar-refractivity contribution in [3.8, 4) is 0 Å². The summed E-state index contributed by atoms with van der Waals surface area (Å²) in [6.45, 7) is 1.81. The van der Waals surface area contributed by atoms with Crippen LogP contribution in [0.25, 0.3) is 0 Å². The molecule has 1 aromatic rings.